The van der Waals surface area contributed by atoms with Gasteiger partial charge >= 0.3 is 5.97 Å². The van der Waals surface area contributed by atoms with E-state index in [1.165, 1.54) is 42.1 Å². The van der Waals surface area contributed by atoms with E-state index in [0.717, 1.165) is 4.90 Å². The second-order valence-electron chi connectivity index (χ2n) is 8.23. The highest BCUT2D eigenvalue weighted by Crippen LogP contribution is 2.41. The van der Waals surface area contributed by atoms with Gasteiger partial charge in [-0.05, 0) is 17.2 Å². The van der Waals surface area contributed by atoms with Crippen molar-refractivity contribution in [3.05, 3.63) is 71.1 Å². The molecule has 0 aliphatic carbocycles. The summed E-state index contributed by atoms with van der Waals surface area (Å²) in [4.78, 5) is 51.9. The molecule has 3 amide bonds. The van der Waals surface area contributed by atoms with Crippen molar-refractivity contribution in [2.75, 3.05) is 18.8 Å². The van der Waals surface area contributed by atoms with Crippen molar-refractivity contribution in [1.29, 1.82) is 0 Å². The van der Waals surface area contributed by atoms with E-state index in [2.05, 4.69) is 5.32 Å². The summed E-state index contributed by atoms with van der Waals surface area (Å²) in [5, 5.41) is 9.50. The van der Waals surface area contributed by atoms with Crippen LogP contribution in [0.15, 0.2) is 65.5 Å². The molecule has 0 saturated carbocycles. The van der Waals surface area contributed by atoms with Crippen LogP contribution < -0.4 is 11.1 Å². The SMILES string of the molecule is NC(=O)C1=CCN(CC2=C(C(=O)O)N3C(=O)C(NC(=O)C(c4ccccc4)S(=O)(=O)O)C3SC2)C=C1. The molecule has 1 fully saturated rings. The highest BCUT2D eigenvalue weighted by molar-refractivity contribution is 8.00. The fourth-order valence-electron chi connectivity index (χ4n) is 4.20. The van der Waals surface area contributed by atoms with Crippen molar-refractivity contribution in [1.82, 2.24) is 15.1 Å². The number of carbonyl (C=O) groups is 4. The Kier molecular flexibility index (Phi) is 6.93. The quantitative estimate of drug-likeness (QED) is 0.252. The zero-order chi connectivity index (χ0) is 26.2. The molecule has 36 heavy (non-hydrogen) atoms. The van der Waals surface area contributed by atoms with Gasteiger partial charge in [-0.3, -0.25) is 23.8 Å². The highest BCUT2D eigenvalue weighted by Gasteiger charge is 2.55. The number of hydrogen-bond acceptors (Lipinski definition) is 8. The van der Waals surface area contributed by atoms with E-state index in [4.69, 9.17) is 5.73 Å². The van der Waals surface area contributed by atoms with E-state index < -0.39 is 50.5 Å². The molecule has 14 heteroatoms. The molecule has 3 heterocycles. The van der Waals surface area contributed by atoms with Crippen molar-refractivity contribution in [3.8, 4) is 0 Å². The summed E-state index contributed by atoms with van der Waals surface area (Å²) in [5.41, 5.74) is 5.87. The zero-order valence-corrected chi connectivity index (χ0v) is 20.2. The third kappa shape index (κ3) is 4.87. The molecule has 3 aliphatic rings. The van der Waals surface area contributed by atoms with Gasteiger partial charge in [-0.1, -0.05) is 36.4 Å². The highest BCUT2D eigenvalue weighted by atomic mass is 32.2. The van der Waals surface area contributed by atoms with Crippen molar-refractivity contribution >= 4 is 45.6 Å². The molecular formula is C22H22N4O8S2. The number of primary amides is 1. The number of hydrogen-bond donors (Lipinski definition) is 4. The van der Waals surface area contributed by atoms with Crippen LogP contribution in [0.3, 0.4) is 0 Å². The molecule has 1 saturated heterocycles. The molecule has 0 bridgehead atoms. The Labute approximate surface area is 210 Å². The van der Waals surface area contributed by atoms with Crippen LogP contribution in [-0.2, 0) is 29.3 Å². The van der Waals surface area contributed by atoms with Gasteiger partial charge in [0, 0.05) is 30.6 Å². The van der Waals surface area contributed by atoms with Gasteiger partial charge in [-0.15, -0.1) is 11.8 Å². The Morgan fingerprint density at radius 2 is 1.92 bits per heavy atom. The number of nitrogens with zero attached hydrogens (tertiary/aromatic N) is 2. The number of carbonyl (C=O) groups excluding carboxylic acids is 3. The van der Waals surface area contributed by atoms with Crippen LogP contribution in [0.2, 0.25) is 0 Å². The van der Waals surface area contributed by atoms with E-state index in [9.17, 15) is 37.3 Å². The van der Waals surface area contributed by atoms with Gasteiger partial charge in [0.2, 0.25) is 11.8 Å². The summed E-state index contributed by atoms with van der Waals surface area (Å²) < 4.78 is 33.5. The molecule has 0 aromatic heterocycles. The van der Waals surface area contributed by atoms with E-state index >= 15 is 0 Å². The molecule has 3 aliphatic heterocycles. The smallest absolute Gasteiger partial charge is 0.352 e. The molecule has 4 rings (SSSR count). The van der Waals surface area contributed by atoms with Crippen molar-refractivity contribution in [2.45, 2.75) is 16.7 Å². The van der Waals surface area contributed by atoms with Crippen LogP contribution in [0.25, 0.3) is 0 Å². The Hall–Kier alpha value is -3.62. The first kappa shape index (κ1) is 25.5. The monoisotopic (exact) mass is 534 g/mol. The Bertz CT molecular complexity index is 1320. The molecule has 190 valence electrons. The third-order valence-electron chi connectivity index (χ3n) is 5.87. The lowest BCUT2D eigenvalue weighted by Crippen LogP contribution is -2.71. The summed E-state index contributed by atoms with van der Waals surface area (Å²) in [5.74, 6) is -3.45. The maximum absolute atomic E-state index is 12.9. The van der Waals surface area contributed by atoms with Gasteiger partial charge in [0.1, 0.15) is 17.1 Å². The van der Waals surface area contributed by atoms with E-state index in [1.807, 2.05) is 0 Å². The van der Waals surface area contributed by atoms with Crippen LogP contribution >= 0.6 is 11.8 Å². The maximum Gasteiger partial charge on any atom is 0.352 e. The summed E-state index contributed by atoms with van der Waals surface area (Å²) in [6, 6.07) is 6.16. The Morgan fingerprint density at radius 3 is 2.47 bits per heavy atom. The van der Waals surface area contributed by atoms with Crippen LogP contribution in [0.1, 0.15) is 10.8 Å². The first-order chi connectivity index (χ1) is 17.0. The number of β-lactam (4-membered cyclic amide) rings is 1. The second-order valence-corrected chi connectivity index (χ2v) is 10.8. The van der Waals surface area contributed by atoms with Crippen molar-refractivity contribution in [3.63, 3.8) is 0 Å². The summed E-state index contributed by atoms with van der Waals surface area (Å²) >= 11 is 1.22. The van der Waals surface area contributed by atoms with Gasteiger partial charge in [0.05, 0.1) is 0 Å². The maximum atomic E-state index is 12.9. The van der Waals surface area contributed by atoms with Crippen molar-refractivity contribution in [2.24, 2.45) is 5.73 Å². The summed E-state index contributed by atoms with van der Waals surface area (Å²) in [6.45, 7) is 0.502. The molecule has 12 nitrogen and oxygen atoms in total. The van der Waals surface area contributed by atoms with Gasteiger partial charge in [-0.2, -0.15) is 8.42 Å². The number of fused-ring (bicyclic) bond motifs is 1. The van der Waals surface area contributed by atoms with Gasteiger partial charge in [0.25, 0.3) is 16.0 Å². The van der Waals surface area contributed by atoms with Crippen LogP contribution in [0, 0.1) is 0 Å². The number of amides is 3. The number of benzene rings is 1. The Balaban J connectivity index is 1.51. The molecule has 0 radical (unpaired) electrons. The van der Waals surface area contributed by atoms with E-state index in [1.54, 1.807) is 23.2 Å². The standard InChI is InChI=1S/C22H22N4O8S2/c23-18(27)13-6-8-25(9-7-13)10-14-11-35-21-15(20(29)26(21)16(14)22(30)31)24-19(28)17(36(32,33)34)12-4-2-1-3-5-12/h1-8,15,17,21H,9-11H2,(H2,23,27)(H,24,28)(H,30,31)(H,32,33,34). The summed E-state index contributed by atoms with van der Waals surface area (Å²) in [6.07, 6.45) is 4.74. The molecular weight excluding hydrogens is 512 g/mol. The summed E-state index contributed by atoms with van der Waals surface area (Å²) in [7, 11) is -4.85. The number of thioether (sulfide) groups is 1. The lowest BCUT2D eigenvalue weighted by molar-refractivity contribution is -0.150. The van der Waals surface area contributed by atoms with Gasteiger partial charge < -0.3 is 21.1 Å². The number of nitrogens with one attached hydrogen (secondary N) is 1. The predicted molar refractivity (Wildman–Crippen MR) is 128 cm³/mol. The molecule has 5 N–H and O–H groups in total. The Morgan fingerprint density at radius 1 is 1.22 bits per heavy atom. The minimum Gasteiger partial charge on any atom is -0.477 e. The van der Waals surface area contributed by atoms with E-state index in [-0.39, 0.29) is 23.6 Å². The number of carboxylic acid groups (broad SMARTS) is 1. The average Bonchev–Trinajstić information content (AvgIpc) is 2.82. The van der Waals surface area contributed by atoms with Gasteiger partial charge in [0.15, 0.2) is 5.25 Å². The lowest BCUT2D eigenvalue weighted by atomic mass is 10.0. The minimum absolute atomic E-state index is 0.0222. The fraction of sp³-hybridized carbons (Fsp3) is 0.273. The predicted octanol–water partition coefficient (Wildman–Crippen LogP) is -0.405. The number of carboxylic acids is 1. The third-order valence-corrected chi connectivity index (χ3v) is 8.30. The van der Waals surface area contributed by atoms with E-state index in [0.29, 0.717) is 17.7 Å². The first-order valence-electron chi connectivity index (χ1n) is 10.6. The lowest BCUT2D eigenvalue weighted by Gasteiger charge is -2.50. The minimum atomic E-state index is -4.85. The first-order valence-corrected chi connectivity index (χ1v) is 13.2. The van der Waals surface area contributed by atoms with Crippen molar-refractivity contribution < 1.29 is 37.3 Å². The van der Waals surface area contributed by atoms with Crippen LogP contribution in [0.5, 0.6) is 0 Å². The number of nitrogens with two attached hydrogens (primary N) is 1. The molecule has 0 spiro atoms. The van der Waals surface area contributed by atoms with Crippen LogP contribution in [-0.4, -0.2) is 81.8 Å². The second kappa shape index (κ2) is 9.79. The molecule has 1 aromatic rings. The average molecular weight is 535 g/mol. The zero-order valence-electron chi connectivity index (χ0n) is 18.6. The number of rotatable bonds is 8. The fourth-order valence-corrected chi connectivity index (χ4v) is 6.37. The molecule has 3 unspecified atom stereocenters. The molecule has 1 aromatic carbocycles. The number of aliphatic carboxylic acids is 1. The van der Waals surface area contributed by atoms with Crippen LogP contribution in [0.4, 0.5) is 0 Å². The topological polar surface area (TPSA) is 187 Å². The molecule has 3 atom stereocenters. The van der Waals surface area contributed by atoms with Gasteiger partial charge in [-0.25, -0.2) is 4.79 Å². The largest absolute Gasteiger partial charge is 0.477 e. The normalized spacial score (nSPS) is 22.4.